The number of hydrogen-bond acceptors (Lipinski definition) is 5. The Morgan fingerprint density at radius 3 is 2.73 bits per heavy atom. The first-order valence-corrected chi connectivity index (χ1v) is 7.25. The van der Waals surface area contributed by atoms with Crippen LogP contribution in [0.4, 0.5) is 0 Å². The summed E-state index contributed by atoms with van der Waals surface area (Å²) >= 11 is 0. The minimum atomic E-state index is -1.03. The van der Waals surface area contributed by atoms with Crippen molar-refractivity contribution >= 4 is 5.78 Å². The lowest BCUT2D eigenvalue weighted by Crippen LogP contribution is -2.37. The molecule has 2 heterocycles. The molecule has 0 spiro atoms. The molecule has 0 aromatic rings. The lowest BCUT2D eigenvalue weighted by atomic mass is 9.80. The van der Waals surface area contributed by atoms with Gasteiger partial charge in [0.05, 0.1) is 13.2 Å². The summed E-state index contributed by atoms with van der Waals surface area (Å²) in [7, 11) is 1.58. The molecule has 3 atom stereocenters. The van der Waals surface area contributed by atoms with Gasteiger partial charge in [0.15, 0.2) is 5.78 Å². The van der Waals surface area contributed by atoms with E-state index in [1.807, 2.05) is 26.0 Å². The number of fused-ring (bicyclic) bond motifs is 7. The molecule has 22 heavy (non-hydrogen) atoms. The Labute approximate surface area is 130 Å². The molecule has 1 aliphatic carbocycles. The number of methoxy groups -OCH3 is 1. The highest BCUT2D eigenvalue weighted by atomic mass is 16.5. The number of ether oxygens (including phenoxy) is 2. The van der Waals surface area contributed by atoms with E-state index in [0.29, 0.717) is 13.0 Å². The summed E-state index contributed by atoms with van der Waals surface area (Å²) in [5.74, 6) is -0.184. The van der Waals surface area contributed by atoms with Crippen molar-refractivity contribution in [3.8, 4) is 0 Å². The molecule has 0 fully saturated rings. The lowest BCUT2D eigenvalue weighted by molar-refractivity contribution is -0.135. The molecular weight excluding hydrogens is 288 g/mol. The lowest BCUT2D eigenvalue weighted by Gasteiger charge is -2.31. The van der Waals surface area contributed by atoms with Crippen molar-refractivity contribution in [2.24, 2.45) is 5.41 Å². The molecule has 2 aliphatic heterocycles. The monoisotopic (exact) mass is 314 g/mol. The molecule has 0 aromatic carbocycles. The Bertz CT molecular complexity index is 465. The largest absolute Gasteiger partial charge is 0.412 e. The predicted molar refractivity (Wildman–Crippen MR) is 81.4 cm³/mol. The molecule has 6 heteroatoms. The fraction of sp³-hybridized carbons (Fsp3) is 0.688. The van der Waals surface area contributed by atoms with E-state index in [9.17, 15) is 15.0 Å². The fourth-order valence-electron chi connectivity index (χ4n) is 2.85. The van der Waals surface area contributed by atoms with Gasteiger partial charge >= 0.3 is 0 Å². The van der Waals surface area contributed by atoms with Crippen molar-refractivity contribution in [2.45, 2.75) is 45.0 Å². The molecule has 0 radical (unpaired) electrons. The first-order chi connectivity index (χ1) is 9.89. The average Bonchev–Trinajstić information content (AvgIpc) is 2.48. The summed E-state index contributed by atoms with van der Waals surface area (Å²) in [6.45, 7) is 3.83. The molecule has 3 aliphatic rings. The number of aliphatic hydroxyl groups excluding tert-OH is 2. The quantitative estimate of drug-likeness (QED) is 0.707. The maximum Gasteiger partial charge on any atom is 0.167 e. The summed E-state index contributed by atoms with van der Waals surface area (Å²) in [6.07, 6.45) is 2.76. The Hall–Kier alpha value is -1.05. The highest BCUT2D eigenvalue weighted by Gasteiger charge is 2.36. The molecule has 6 nitrogen and oxygen atoms in total. The Kier molecular flexibility index (Phi) is 6.46. The van der Waals surface area contributed by atoms with Crippen LogP contribution in [-0.2, 0) is 14.3 Å². The van der Waals surface area contributed by atoms with Gasteiger partial charge in [-0.25, -0.2) is 0 Å². The van der Waals surface area contributed by atoms with E-state index in [4.69, 9.17) is 9.47 Å². The molecule has 0 unspecified atom stereocenters. The third-order valence-corrected chi connectivity index (χ3v) is 4.27. The van der Waals surface area contributed by atoms with Crippen LogP contribution < -0.4 is 0 Å². The molecular formula is C16H26O6. The maximum absolute atomic E-state index is 12.4. The summed E-state index contributed by atoms with van der Waals surface area (Å²) in [5.41, 5.74) is 0.899. The highest BCUT2D eigenvalue weighted by molar-refractivity contribution is 5.88. The van der Waals surface area contributed by atoms with Gasteiger partial charge < -0.3 is 25.2 Å². The topological polar surface area (TPSA) is 107 Å². The van der Waals surface area contributed by atoms with Crippen LogP contribution in [0, 0.1) is 5.41 Å². The Morgan fingerprint density at radius 2 is 2.14 bits per heavy atom. The van der Waals surface area contributed by atoms with Gasteiger partial charge in [0, 0.05) is 18.9 Å². The number of Topliss-reactive ketones (excluding diaryl/α,β-unsaturated/α-hetero) is 1. The highest BCUT2D eigenvalue weighted by Crippen LogP contribution is 2.31. The maximum atomic E-state index is 12.4. The normalized spacial score (nSPS) is 34.0. The molecule has 3 rings (SSSR count). The molecule has 0 saturated heterocycles. The van der Waals surface area contributed by atoms with Crippen LogP contribution in [0.2, 0.25) is 0 Å². The van der Waals surface area contributed by atoms with E-state index in [1.165, 1.54) is 0 Å². The first-order valence-electron chi connectivity index (χ1n) is 7.25. The minimum Gasteiger partial charge on any atom is -0.412 e. The van der Waals surface area contributed by atoms with Gasteiger partial charge in [-0.15, -0.1) is 0 Å². The number of ketones is 1. The van der Waals surface area contributed by atoms with Crippen molar-refractivity contribution in [3.63, 3.8) is 0 Å². The van der Waals surface area contributed by atoms with E-state index in [2.05, 4.69) is 0 Å². The van der Waals surface area contributed by atoms with Gasteiger partial charge in [-0.3, -0.25) is 4.79 Å². The summed E-state index contributed by atoms with van der Waals surface area (Å²) < 4.78 is 11.2. The van der Waals surface area contributed by atoms with Crippen LogP contribution in [0.5, 0.6) is 0 Å². The Balaban J connectivity index is 0.00000242. The fourth-order valence-corrected chi connectivity index (χ4v) is 2.85. The van der Waals surface area contributed by atoms with Crippen molar-refractivity contribution in [1.82, 2.24) is 0 Å². The smallest absolute Gasteiger partial charge is 0.167 e. The number of aliphatic hydroxyl groups is 2. The van der Waals surface area contributed by atoms with Crippen molar-refractivity contribution < 1.29 is 30.0 Å². The van der Waals surface area contributed by atoms with E-state index < -0.39 is 11.5 Å². The third kappa shape index (κ3) is 3.83. The van der Waals surface area contributed by atoms with Crippen LogP contribution in [0.25, 0.3) is 0 Å². The van der Waals surface area contributed by atoms with Crippen molar-refractivity contribution in [1.29, 1.82) is 0 Å². The summed E-state index contributed by atoms with van der Waals surface area (Å²) in [6, 6.07) is 0. The van der Waals surface area contributed by atoms with E-state index >= 15 is 0 Å². The van der Waals surface area contributed by atoms with Crippen LogP contribution in [0.15, 0.2) is 23.3 Å². The van der Waals surface area contributed by atoms with Crippen molar-refractivity contribution in [3.05, 3.63) is 23.3 Å². The first kappa shape index (κ1) is 19.0. The summed E-state index contributed by atoms with van der Waals surface area (Å²) in [4.78, 5) is 12.4. The zero-order valence-electron chi connectivity index (χ0n) is 13.3. The molecule has 0 aromatic heterocycles. The SMILES string of the molecule is CO[C@@H]1C=C2CO[C@H]1/C(CO)=C/CC(C)(C)C(=O)[C@@H](O)C2.O. The van der Waals surface area contributed by atoms with Crippen molar-refractivity contribution in [2.75, 3.05) is 20.3 Å². The number of carbonyl (C=O) groups is 1. The van der Waals surface area contributed by atoms with Gasteiger partial charge in [0.2, 0.25) is 0 Å². The third-order valence-electron chi connectivity index (χ3n) is 4.27. The predicted octanol–water partition coefficient (Wildman–Crippen LogP) is 0.171. The summed E-state index contributed by atoms with van der Waals surface area (Å²) in [5, 5.41) is 19.8. The van der Waals surface area contributed by atoms with Gasteiger partial charge in [0.1, 0.15) is 18.3 Å². The number of allylic oxidation sites excluding steroid dienone is 1. The van der Waals surface area contributed by atoms with Crippen LogP contribution in [0.1, 0.15) is 26.7 Å². The second-order valence-electron chi connectivity index (χ2n) is 6.37. The minimum absolute atomic E-state index is 0. The van der Waals surface area contributed by atoms with Gasteiger partial charge in [-0.05, 0) is 17.6 Å². The van der Waals surface area contributed by atoms with E-state index in [-0.39, 0.29) is 36.5 Å². The Morgan fingerprint density at radius 1 is 1.45 bits per heavy atom. The molecule has 2 bridgehead atoms. The van der Waals surface area contributed by atoms with E-state index in [1.54, 1.807) is 7.11 Å². The molecule has 0 saturated carbocycles. The number of rotatable bonds is 2. The zero-order chi connectivity index (χ0) is 15.6. The van der Waals surface area contributed by atoms with Crippen LogP contribution in [-0.4, -0.2) is 60.1 Å². The van der Waals surface area contributed by atoms with Gasteiger partial charge in [-0.2, -0.15) is 0 Å². The number of carbonyl (C=O) groups excluding carboxylic acids is 1. The second kappa shape index (κ2) is 7.48. The van der Waals surface area contributed by atoms with Crippen LogP contribution >= 0.6 is 0 Å². The molecule has 126 valence electrons. The van der Waals surface area contributed by atoms with Crippen LogP contribution in [0.3, 0.4) is 0 Å². The standard InChI is InChI=1S/C16H24O5.H2O/c1-16(2)5-4-11(8-17)14-13(20-3)7-10(9-21-14)6-12(18)15(16)19;/h4,7,12-14,17-18H,5-6,8-9H2,1-3H3;1H2/b11-4+;/t12-,13+,14-;/m0./s1. The zero-order valence-corrected chi connectivity index (χ0v) is 13.3. The second-order valence-corrected chi connectivity index (χ2v) is 6.37. The van der Waals surface area contributed by atoms with E-state index in [0.717, 1.165) is 11.1 Å². The van der Waals surface area contributed by atoms with Gasteiger partial charge in [0.25, 0.3) is 0 Å². The molecule has 0 amide bonds. The van der Waals surface area contributed by atoms with Gasteiger partial charge in [-0.1, -0.05) is 26.0 Å². The average molecular weight is 314 g/mol. The molecule has 4 N–H and O–H groups in total. The number of hydrogen-bond donors (Lipinski definition) is 2.